The topological polar surface area (TPSA) is 90.8 Å². The van der Waals surface area contributed by atoms with Crippen molar-refractivity contribution >= 4 is 22.8 Å². The Morgan fingerprint density at radius 1 is 1.03 bits per heavy atom. The Balaban J connectivity index is 1.34. The van der Waals surface area contributed by atoms with Crippen molar-refractivity contribution in [3.05, 3.63) is 83.5 Å². The number of anilines is 1. The molecule has 166 valence electrons. The number of rotatable bonds is 6. The van der Waals surface area contributed by atoms with Gasteiger partial charge in [-0.05, 0) is 44.5 Å². The van der Waals surface area contributed by atoms with Crippen LogP contribution in [-0.2, 0) is 17.9 Å². The van der Waals surface area contributed by atoms with E-state index in [1.165, 1.54) is 5.56 Å². The molecule has 4 heterocycles. The molecular weight excluding hydrogens is 416 g/mol. The molecule has 0 radical (unpaired) electrons. The Bertz CT molecular complexity index is 1450. The zero-order valence-corrected chi connectivity index (χ0v) is 18.7. The second-order valence-electron chi connectivity index (χ2n) is 8.14. The Morgan fingerprint density at radius 2 is 1.91 bits per heavy atom. The quantitative estimate of drug-likeness (QED) is 0.420. The number of hydrogen-bond acceptors (Lipinski definition) is 5. The molecule has 0 unspecified atom stereocenters. The Labute approximate surface area is 190 Å². The van der Waals surface area contributed by atoms with E-state index >= 15 is 0 Å². The average molecular weight is 441 g/mol. The van der Waals surface area contributed by atoms with Gasteiger partial charge in [-0.1, -0.05) is 29.8 Å². The van der Waals surface area contributed by atoms with Gasteiger partial charge in [-0.3, -0.25) is 9.48 Å². The predicted molar refractivity (Wildman–Crippen MR) is 126 cm³/mol. The lowest BCUT2D eigenvalue weighted by Crippen LogP contribution is -2.20. The van der Waals surface area contributed by atoms with E-state index in [0.717, 1.165) is 33.7 Å². The van der Waals surface area contributed by atoms with Gasteiger partial charge in [-0.15, -0.1) is 0 Å². The third kappa shape index (κ3) is 4.15. The maximum absolute atomic E-state index is 12.8. The fourth-order valence-corrected chi connectivity index (χ4v) is 4.06. The Hall–Kier alpha value is -4.20. The van der Waals surface area contributed by atoms with Crippen LogP contribution in [0.25, 0.3) is 22.4 Å². The van der Waals surface area contributed by atoms with Crippen molar-refractivity contribution in [2.45, 2.75) is 33.9 Å². The fraction of sp³-hybridized carbons (Fsp3) is 0.200. The molecule has 4 aromatic heterocycles. The number of pyridine rings is 1. The first-order valence-corrected chi connectivity index (χ1v) is 10.7. The van der Waals surface area contributed by atoms with Crippen LogP contribution in [0.3, 0.4) is 0 Å². The van der Waals surface area contributed by atoms with Gasteiger partial charge in [-0.2, -0.15) is 10.2 Å². The highest BCUT2D eigenvalue weighted by Crippen LogP contribution is 2.30. The lowest BCUT2D eigenvalue weighted by atomic mass is 10.1. The summed E-state index contributed by atoms with van der Waals surface area (Å²) in [5, 5.41) is 12.9. The van der Waals surface area contributed by atoms with E-state index in [2.05, 4.69) is 45.6 Å². The highest BCUT2D eigenvalue weighted by Gasteiger charge is 2.17. The SMILES string of the molecule is Cc1cccc(Cn2nc(NC(=O)Cn3nc(C)c4c(-c5ccco5)ccnc43)cc2C)c1. The molecule has 1 amide bonds. The van der Waals surface area contributed by atoms with Gasteiger partial charge in [0.2, 0.25) is 5.91 Å². The minimum absolute atomic E-state index is 0.0305. The minimum atomic E-state index is -0.218. The second kappa shape index (κ2) is 8.38. The molecular formula is C25H24N6O2. The van der Waals surface area contributed by atoms with Crippen LogP contribution in [0, 0.1) is 20.8 Å². The standard InChI is InChI=1S/C25H24N6O2/c1-16-6-4-7-19(12-16)14-30-17(2)13-22(29-30)27-23(32)15-31-25-24(18(3)28-31)20(9-10-26-25)21-8-5-11-33-21/h4-13H,14-15H2,1-3H3,(H,27,29,32). The smallest absolute Gasteiger partial charge is 0.247 e. The molecule has 1 aromatic carbocycles. The lowest BCUT2D eigenvalue weighted by Gasteiger charge is -2.06. The number of aryl methyl sites for hydroxylation is 3. The molecule has 0 fully saturated rings. The number of hydrogen-bond donors (Lipinski definition) is 1. The van der Waals surface area contributed by atoms with E-state index in [1.54, 1.807) is 17.1 Å². The molecule has 8 nitrogen and oxygen atoms in total. The molecule has 1 N–H and O–H groups in total. The van der Waals surface area contributed by atoms with E-state index in [9.17, 15) is 4.79 Å². The first-order valence-electron chi connectivity index (χ1n) is 10.7. The average Bonchev–Trinajstić information content (AvgIpc) is 3.49. The molecule has 0 aliphatic carbocycles. The summed E-state index contributed by atoms with van der Waals surface area (Å²) in [5.74, 6) is 1.04. The maximum Gasteiger partial charge on any atom is 0.247 e. The van der Waals surface area contributed by atoms with Crippen LogP contribution in [0.15, 0.2) is 65.4 Å². The number of furan rings is 1. The highest BCUT2D eigenvalue weighted by atomic mass is 16.3. The first kappa shape index (κ1) is 20.7. The number of aromatic nitrogens is 5. The summed E-state index contributed by atoms with van der Waals surface area (Å²) in [4.78, 5) is 17.3. The second-order valence-corrected chi connectivity index (χ2v) is 8.14. The van der Waals surface area contributed by atoms with Crippen molar-refractivity contribution in [3.8, 4) is 11.3 Å². The number of carbonyl (C=O) groups is 1. The van der Waals surface area contributed by atoms with Crippen LogP contribution in [-0.4, -0.2) is 30.5 Å². The van der Waals surface area contributed by atoms with Crippen LogP contribution in [0.4, 0.5) is 5.82 Å². The van der Waals surface area contributed by atoms with Crippen LogP contribution in [0.1, 0.15) is 22.5 Å². The van der Waals surface area contributed by atoms with Gasteiger partial charge in [0, 0.05) is 23.5 Å². The van der Waals surface area contributed by atoms with Crippen molar-refractivity contribution < 1.29 is 9.21 Å². The minimum Gasteiger partial charge on any atom is -0.464 e. The number of fused-ring (bicyclic) bond motifs is 1. The van der Waals surface area contributed by atoms with Gasteiger partial charge >= 0.3 is 0 Å². The summed E-state index contributed by atoms with van der Waals surface area (Å²) >= 11 is 0. The predicted octanol–water partition coefficient (Wildman–Crippen LogP) is 4.50. The molecule has 0 spiro atoms. The molecule has 0 aliphatic heterocycles. The summed E-state index contributed by atoms with van der Waals surface area (Å²) in [6, 6.07) is 15.8. The van der Waals surface area contributed by atoms with Crippen LogP contribution < -0.4 is 5.32 Å². The number of nitrogens with one attached hydrogen (secondary N) is 1. The number of amides is 1. The number of carbonyl (C=O) groups excluding carboxylic acids is 1. The summed E-state index contributed by atoms with van der Waals surface area (Å²) in [7, 11) is 0. The van der Waals surface area contributed by atoms with E-state index in [4.69, 9.17) is 4.42 Å². The zero-order chi connectivity index (χ0) is 22.9. The summed E-state index contributed by atoms with van der Waals surface area (Å²) in [5.41, 5.74) is 5.66. The van der Waals surface area contributed by atoms with Gasteiger partial charge < -0.3 is 9.73 Å². The zero-order valence-electron chi connectivity index (χ0n) is 18.7. The van der Waals surface area contributed by atoms with Gasteiger partial charge in [-0.25, -0.2) is 9.67 Å². The van der Waals surface area contributed by atoms with E-state index < -0.39 is 0 Å². The third-order valence-corrected chi connectivity index (χ3v) is 5.55. The third-order valence-electron chi connectivity index (χ3n) is 5.55. The van der Waals surface area contributed by atoms with Crippen LogP contribution >= 0.6 is 0 Å². The maximum atomic E-state index is 12.8. The molecule has 5 rings (SSSR count). The normalized spacial score (nSPS) is 11.2. The summed E-state index contributed by atoms with van der Waals surface area (Å²) in [6.45, 7) is 6.62. The fourth-order valence-electron chi connectivity index (χ4n) is 4.06. The van der Waals surface area contributed by atoms with Crippen LogP contribution in [0.5, 0.6) is 0 Å². The van der Waals surface area contributed by atoms with Gasteiger partial charge in [0.1, 0.15) is 12.3 Å². The molecule has 33 heavy (non-hydrogen) atoms. The first-order chi connectivity index (χ1) is 16.0. The molecule has 0 bridgehead atoms. The number of benzene rings is 1. The van der Waals surface area contributed by atoms with Gasteiger partial charge in [0.15, 0.2) is 11.5 Å². The van der Waals surface area contributed by atoms with E-state index in [1.807, 2.05) is 48.9 Å². The lowest BCUT2D eigenvalue weighted by molar-refractivity contribution is -0.116. The van der Waals surface area contributed by atoms with Crippen molar-refractivity contribution in [2.24, 2.45) is 0 Å². The van der Waals surface area contributed by atoms with Crippen molar-refractivity contribution in [1.82, 2.24) is 24.5 Å². The Morgan fingerprint density at radius 3 is 2.70 bits per heavy atom. The largest absolute Gasteiger partial charge is 0.464 e. The number of nitrogens with zero attached hydrogens (tertiary/aromatic N) is 5. The molecule has 0 atom stereocenters. The Kier molecular flexibility index (Phi) is 5.26. The van der Waals surface area contributed by atoms with E-state index in [0.29, 0.717) is 18.0 Å². The van der Waals surface area contributed by atoms with E-state index in [-0.39, 0.29) is 12.5 Å². The molecule has 8 heteroatoms. The van der Waals surface area contributed by atoms with Gasteiger partial charge in [0.05, 0.1) is 23.9 Å². The molecule has 0 saturated heterocycles. The highest BCUT2D eigenvalue weighted by molar-refractivity contribution is 5.95. The molecule has 0 aliphatic rings. The molecule has 5 aromatic rings. The summed E-state index contributed by atoms with van der Waals surface area (Å²) < 4.78 is 9.06. The van der Waals surface area contributed by atoms with Crippen LogP contribution in [0.2, 0.25) is 0 Å². The van der Waals surface area contributed by atoms with Gasteiger partial charge in [0.25, 0.3) is 0 Å². The van der Waals surface area contributed by atoms with Crippen molar-refractivity contribution in [3.63, 3.8) is 0 Å². The van der Waals surface area contributed by atoms with Crippen molar-refractivity contribution in [2.75, 3.05) is 5.32 Å². The molecule has 0 saturated carbocycles. The monoisotopic (exact) mass is 440 g/mol. The van der Waals surface area contributed by atoms with Crippen molar-refractivity contribution in [1.29, 1.82) is 0 Å². The summed E-state index contributed by atoms with van der Waals surface area (Å²) in [6.07, 6.45) is 3.33.